The minimum atomic E-state index is 0.795. The standard InChI is InChI=1S/C11H16N2OS/c1-15-9-2-3-11(10(12)8-9)13-4-6-14-7-5-13/h2-3,8H,4-7,12H2,1H3. The van der Waals surface area contributed by atoms with Gasteiger partial charge in [-0.3, -0.25) is 0 Å². The molecule has 1 heterocycles. The van der Waals surface area contributed by atoms with Gasteiger partial charge in [0.2, 0.25) is 0 Å². The number of nitrogens with two attached hydrogens (primary N) is 1. The SMILES string of the molecule is CSc1ccc(N2CCOCC2)c(N)c1. The Morgan fingerprint density at radius 2 is 2.07 bits per heavy atom. The highest BCUT2D eigenvalue weighted by atomic mass is 32.2. The summed E-state index contributed by atoms with van der Waals surface area (Å²) in [7, 11) is 0. The maximum Gasteiger partial charge on any atom is 0.0642 e. The Labute approximate surface area is 94.6 Å². The maximum absolute atomic E-state index is 6.03. The van der Waals surface area contributed by atoms with Crippen molar-refractivity contribution in [2.45, 2.75) is 4.90 Å². The quantitative estimate of drug-likeness (QED) is 0.614. The van der Waals surface area contributed by atoms with E-state index < -0.39 is 0 Å². The summed E-state index contributed by atoms with van der Waals surface area (Å²) in [5, 5.41) is 0. The molecule has 0 radical (unpaired) electrons. The van der Waals surface area contributed by atoms with E-state index in [0.29, 0.717) is 0 Å². The first kappa shape index (κ1) is 10.6. The minimum absolute atomic E-state index is 0.795. The van der Waals surface area contributed by atoms with Crippen molar-refractivity contribution in [3.05, 3.63) is 18.2 Å². The van der Waals surface area contributed by atoms with Gasteiger partial charge in [0.15, 0.2) is 0 Å². The van der Waals surface area contributed by atoms with Crippen LogP contribution < -0.4 is 10.6 Å². The van der Waals surface area contributed by atoms with Crippen LogP contribution in [0.1, 0.15) is 0 Å². The number of anilines is 2. The molecule has 4 heteroatoms. The van der Waals surface area contributed by atoms with E-state index in [1.54, 1.807) is 11.8 Å². The van der Waals surface area contributed by atoms with E-state index in [1.165, 1.54) is 4.90 Å². The third kappa shape index (κ3) is 2.38. The van der Waals surface area contributed by atoms with Crippen LogP contribution in [-0.4, -0.2) is 32.6 Å². The number of nitrogens with zero attached hydrogens (tertiary/aromatic N) is 1. The van der Waals surface area contributed by atoms with Gasteiger partial charge in [0.25, 0.3) is 0 Å². The molecule has 0 aliphatic carbocycles. The van der Waals surface area contributed by atoms with Gasteiger partial charge in [-0.25, -0.2) is 0 Å². The van der Waals surface area contributed by atoms with E-state index in [9.17, 15) is 0 Å². The molecular formula is C11H16N2OS. The summed E-state index contributed by atoms with van der Waals surface area (Å²) < 4.78 is 5.32. The monoisotopic (exact) mass is 224 g/mol. The van der Waals surface area contributed by atoms with Crippen LogP contribution in [0, 0.1) is 0 Å². The average Bonchev–Trinajstić information content (AvgIpc) is 2.30. The zero-order valence-corrected chi connectivity index (χ0v) is 9.72. The summed E-state index contributed by atoms with van der Waals surface area (Å²) in [4.78, 5) is 3.49. The predicted octanol–water partition coefficient (Wildman–Crippen LogP) is 1.83. The Morgan fingerprint density at radius 3 is 2.67 bits per heavy atom. The van der Waals surface area contributed by atoms with E-state index >= 15 is 0 Å². The van der Waals surface area contributed by atoms with Gasteiger partial charge in [-0.1, -0.05) is 0 Å². The lowest BCUT2D eigenvalue weighted by molar-refractivity contribution is 0.123. The third-order valence-corrected chi connectivity index (χ3v) is 3.31. The summed E-state index contributed by atoms with van der Waals surface area (Å²) in [6.45, 7) is 3.46. The highest BCUT2D eigenvalue weighted by Gasteiger charge is 2.13. The molecule has 1 aromatic rings. The van der Waals surface area contributed by atoms with Gasteiger partial charge in [0, 0.05) is 18.0 Å². The number of hydrogen-bond donors (Lipinski definition) is 1. The van der Waals surface area contributed by atoms with Crippen LogP contribution in [0.3, 0.4) is 0 Å². The Balaban J connectivity index is 2.19. The lowest BCUT2D eigenvalue weighted by atomic mass is 10.2. The molecule has 1 fully saturated rings. The average molecular weight is 224 g/mol. The van der Waals surface area contributed by atoms with Crippen molar-refractivity contribution in [2.75, 3.05) is 43.2 Å². The van der Waals surface area contributed by atoms with Crippen molar-refractivity contribution >= 4 is 23.1 Å². The Bertz CT molecular complexity index is 337. The zero-order chi connectivity index (χ0) is 10.7. The molecular weight excluding hydrogens is 208 g/mol. The third-order valence-electron chi connectivity index (χ3n) is 2.59. The van der Waals surface area contributed by atoms with Crippen LogP contribution in [0.2, 0.25) is 0 Å². The van der Waals surface area contributed by atoms with Crippen molar-refractivity contribution in [1.82, 2.24) is 0 Å². The molecule has 15 heavy (non-hydrogen) atoms. The molecule has 0 atom stereocenters. The molecule has 1 aliphatic rings. The number of hydrogen-bond acceptors (Lipinski definition) is 4. The summed E-state index contributed by atoms with van der Waals surface area (Å²) in [5.41, 5.74) is 8.03. The largest absolute Gasteiger partial charge is 0.397 e. The first-order chi connectivity index (χ1) is 7.31. The number of thioether (sulfide) groups is 1. The molecule has 0 unspecified atom stereocenters. The van der Waals surface area contributed by atoms with Crippen LogP contribution in [0.15, 0.2) is 23.1 Å². The molecule has 3 nitrogen and oxygen atoms in total. The van der Waals surface area contributed by atoms with Crippen molar-refractivity contribution < 1.29 is 4.74 Å². The fraction of sp³-hybridized carbons (Fsp3) is 0.455. The zero-order valence-electron chi connectivity index (χ0n) is 8.90. The van der Waals surface area contributed by atoms with Crippen LogP contribution >= 0.6 is 11.8 Å². The number of morpholine rings is 1. The minimum Gasteiger partial charge on any atom is -0.397 e. The van der Waals surface area contributed by atoms with E-state index in [2.05, 4.69) is 23.3 Å². The molecule has 1 saturated heterocycles. The fourth-order valence-electron chi connectivity index (χ4n) is 1.75. The molecule has 1 aromatic carbocycles. The summed E-state index contributed by atoms with van der Waals surface area (Å²) in [6, 6.07) is 6.26. The van der Waals surface area contributed by atoms with Gasteiger partial charge in [-0.05, 0) is 24.5 Å². The molecule has 0 aromatic heterocycles. The smallest absolute Gasteiger partial charge is 0.0642 e. The highest BCUT2D eigenvalue weighted by Crippen LogP contribution is 2.28. The molecule has 1 aliphatic heterocycles. The van der Waals surface area contributed by atoms with Crippen LogP contribution in [0.4, 0.5) is 11.4 Å². The van der Waals surface area contributed by atoms with E-state index in [-0.39, 0.29) is 0 Å². The second-order valence-corrected chi connectivity index (χ2v) is 4.40. The molecule has 82 valence electrons. The van der Waals surface area contributed by atoms with Crippen LogP contribution in [0.25, 0.3) is 0 Å². The maximum atomic E-state index is 6.03. The van der Waals surface area contributed by atoms with Crippen LogP contribution in [-0.2, 0) is 4.74 Å². The number of ether oxygens (including phenoxy) is 1. The normalized spacial score (nSPS) is 16.7. The van der Waals surface area contributed by atoms with Gasteiger partial charge in [0.05, 0.1) is 24.6 Å². The lowest BCUT2D eigenvalue weighted by Gasteiger charge is -2.29. The summed E-state index contributed by atoms with van der Waals surface area (Å²) in [6.07, 6.45) is 2.06. The molecule has 0 amide bonds. The molecule has 0 spiro atoms. The number of benzene rings is 1. The van der Waals surface area contributed by atoms with Gasteiger partial charge in [0.1, 0.15) is 0 Å². The first-order valence-corrected chi connectivity index (χ1v) is 6.30. The summed E-state index contributed by atoms with van der Waals surface area (Å²) in [5.74, 6) is 0. The van der Waals surface area contributed by atoms with Crippen molar-refractivity contribution in [2.24, 2.45) is 0 Å². The van der Waals surface area contributed by atoms with Gasteiger partial charge in [-0.2, -0.15) is 0 Å². The van der Waals surface area contributed by atoms with Gasteiger partial charge >= 0.3 is 0 Å². The number of rotatable bonds is 2. The molecule has 2 rings (SSSR count). The van der Waals surface area contributed by atoms with E-state index in [4.69, 9.17) is 10.5 Å². The molecule has 2 N–H and O–H groups in total. The second-order valence-electron chi connectivity index (χ2n) is 3.52. The molecule has 0 saturated carbocycles. The first-order valence-electron chi connectivity index (χ1n) is 5.07. The van der Waals surface area contributed by atoms with E-state index in [1.807, 2.05) is 6.07 Å². The number of nitrogen functional groups attached to an aromatic ring is 1. The fourth-order valence-corrected chi connectivity index (χ4v) is 2.20. The Hall–Kier alpha value is -0.870. The highest BCUT2D eigenvalue weighted by molar-refractivity contribution is 7.98. The van der Waals surface area contributed by atoms with Crippen molar-refractivity contribution in [1.29, 1.82) is 0 Å². The van der Waals surface area contributed by atoms with Crippen LogP contribution in [0.5, 0.6) is 0 Å². The van der Waals surface area contributed by atoms with Gasteiger partial charge < -0.3 is 15.4 Å². The van der Waals surface area contributed by atoms with Crippen molar-refractivity contribution in [3.63, 3.8) is 0 Å². The van der Waals surface area contributed by atoms with E-state index in [0.717, 1.165) is 37.7 Å². The van der Waals surface area contributed by atoms with Gasteiger partial charge in [-0.15, -0.1) is 11.8 Å². The summed E-state index contributed by atoms with van der Waals surface area (Å²) >= 11 is 1.72. The molecule has 0 bridgehead atoms. The van der Waals surface area contributed by atoms with Crippen molar-refractivity contribution in [3.8, 4) is 0 Å². The Morgan fingerprint density at radius 1 is 1.33 bits per heavy atom. The second kappa shape index (κ2) is 4.77. The predicted molar refractivity (Wildman–Crippen MR) is 65.7 cm³/mol. The lowest BCUT2D eigenvalue weighted by Crippen LogP contribution is -2.36. The topological polar surface area (TPSA) is 38.5 Å². The Kier molecular flexibility index (Phi) is 3.38.